The van der Waals surface area contributed by atoms with Gasteiger partial charge in [-0.3, -0.25) is 5.43 Å². The molecule has 1 aromatic carbocycles. The molecule has 1 aromatic rings. The first-order valence-corrected chi connectivity index (χ1v) is 7.54. The Morgan fingerprint density at radius 3 is 2.78 bits per heavy atom. The summed E-state index contributed by atoms with van der Waals surface area (Å²) in [4.78, 5) is 11.3. The van der Waals surface area contributed by atoms with Gasteiger partial charge in [0.1, 0.15) is 0 Å². The molecule has 0 spiro atoms. The number of methoxy groups -OCH3 is 1. The number of thiocarbonyl (C=S) groups is 1. The first kappa shape index (κ1) is 18.7. The standard InChI is InChI=1S/C15H21N3O4S/c1-4-16-15(23)18-17-9-11-6-7-12(13(8-11)20-3)22-10-14(19)21-5-2/h6-9H,4-5,10H2,1-3H3,(H2,16,18,23)/b17-9-. The van der Waals surface area contributed by atoms with Gasteiger partial charge in [0, 0.05) is 6.54 Å². The number of carbonyl (C=O) groups is 1. The van der Waals surface area contributed by atoms with Gasteiger partial charge in [0.2, 0.25) is 0 Å². The molecule has 0 bridgehead atoms. The third-order valence-corrected chi connectivity index (χ3v) is 2.79. The van der Waals surface area contributed by atoms with Gasteiger partial charge in [-0.05, 0) is 49.8 Å². The summed E-state index contributed by atoms with van der Waals surface area (Å²) in [6.07, 6.45) is 1.60. The number of nitrogens with zero attached hydrogens (tertiary/aromatic N) is 1. The van der Waals surface area contributed by atoms with Crippen LogP contribution in [-0.4, -0.2) is 44.2 Å². The molecule has 0 unspecified atom stereocenters. The molecule has 0 amide bonds. The molecule has 0 radical (unpaired) electrons. The zero-order chi connectivity index (χ0) is 17.1. The summed E-state index contributed by atoms with van der Waals surface area (Å²) in [6, 6.07) is 5.22. The maximum atomic E-state index is 11.3. The Balaban J connectivity index is 2.66. The number of carbonyl (C=O) groups excluding carboxylic acids is 1. The van der Waals surface area contributed by atoms with Gasteiger partial charge in [0.25, 0.3) is 0 Å². The van der Waals surface area contributed by atoms with Crippen molar-refractivity contribution in [3.05, 3.63) is 23.8 Å². The lowest BCUT2D eigenvalue weighted by molar-refractivity contribution is -0.145. The Morgan fingerprint density at radius 1 is 1.35 bits per heavy atom. The Hall–Kier alpha value is -2.35. The van der Waals surface area contributed by atoms with Gasteiger partial charge in [-0.1, -0.05) is 0 Å². The topological polar surface area (TPSA) is 81.2 Å². The Labute approximate surface area is 141 Å². The van der Waals surface area contributed by atoms with Crippen LogP contribution in [0.2, 0.25) is 0 Å². The van der Waals surface area contributed by atoms with Crippen LogP contribution in [0.1, 0.15) is 19.4 Å². The average molecular weight is 339 g/mol. The zero-order valence-corrected chi connectivity index (χ0v) is 14.2. The van der Waals surface area contributed by atoms with E-state index in [1.54, 1.807) is 31.3 Å². The lowest BCUT2D eigenvalue weighted by atomic mass is 10.2. The molecule has 2 N–H and O–H groups in total. The van der Waals surface area contributed by atoms with Crippen LogP contribution >= 0.6 is 12.2 Å². The van der Waals surface area contributed by atoms with Crippen LogP contribution in [0.15, 0.2) is 23.3 Å². The van der Waals surface area contributed by atoms with Crippen LogP contribution in [0.4, 0.5) is 0 Å². The van der Waals surface area contributed by atoms with Crippen LogP contribution in [0.25, 0.3) is 0 Å². The Morgan fingerprint density at radius 2 is 2.13 bits per heavy atom. The lowest BCUT2D eigenvalue weighted by Crippen LogP contribution is -2.31. The normalized spacial score (nSPS) is 10.2. The number of ether oxygens (including phenoxy) is 3. The van der Waals surface area contributed by atoms with E-state index in [0.29, 0.717) is 23.2 Å². The number of hydrogen-bond acceptors (Lipinski definition) is 6. The third kappa shape index (κ3) is 6.96. The van der Waals surface area contributed by atoms with E-state index in [0.717, 1.165) is 12.1 Å². The van der Waals surface area contributed by atoms with Gasteiger partial charge in [0.15, 0.2) is 23.2 Å². The molecule has 0 heterocycles. The van der Waals surface area contributed by atoms with Gasteiger partial charge in [-0.25, -0.2) is 4.79 Å². The monoisotopic (exact) mass is 339 g/mol. The van der Waals surface area contributed by atoms with E-state index in [2.05, 4.69) is 15.8 Å². The van der Waals surface area contributed by atoms with Crippen LogP contribution in [0, 0.1) is 0 Å². The van der Waals surface area contributed by atoms with Crippen molar-refractivity contribution in [3.63, 3.8) is 0 Å². The Kier molecular flexibility index (Phi) is 8.45. The van der Waals surface area contributed by atoms with Crippen molar-refractivity contribution in [2.24, 2.45) is 5.10 Å². The quantitative estimate of drug-likeness (QED) is 0.321. The molecular formula is C15H21N3O4S. The summed E-state index contributed by atoms with van der Waals surface area (Å²) < 4.78 is 15.4. The minimum atomic E-state index is -0.429. The number of rotatable bonds is 8. The molecule has 8 heteroatoms. The first-order valence-electron chi connectivity index (χ1n) is 7.14. The molecule has 0 aromatic heterocycles. The third-order valence-electron chi connectivity index (χ3n) is 2.56. The molecule has 0 aliphatic carbocycles. The van der Waals surface area contributed by atoms with Crippen LogP contribution in [0.5, 0.6) is 11.5 Å². The van der Waals surface area contributed by atoms with Crippen LogP contribution < -0.4 is 20.2 Å². The fourth-order valence-corrected chi connectivity index (χ4v) is 1.79. The van der Waals surface area contributed by atoms with Crippen LogP contribution in [0.3, 0.4) is 0 Å². The molecule has 7 nitrogen and oxygen atoms in total. The van der Waals surface area contributed by atoms with Gasteiger partial charge >= 0.3 is 5.97 Å². The Bertz CT molecular complexity index is 564. The maximum absolute atomic E-state index is 11.3. The predicted octanol–water partition coefficient (Wildman–Crippen LogP) is 1.46. The minimum absolute atomic E-state index is 0.170. The molecule has 0 aliphatic heterocycles. The average Bonchev–Trinajstić information content (AvgIpc) is 2.54. The molecular weight excluding hydrogens is 318 g/mol. The summed E-state index contributed by atoms with van der Waals surface area (Å²) in [6.45, 7) is 4.55. The molecule has 126 valence electrons. The number of hydrogen-bond donors (Lipinski definition) is 2. The van der Waals surface area contributed by atoms with Gasteiger partial charge in [-0.2, -0.15) is 5.10 Å². The van der Waals surface area contributed by atoms with E-state index >= 15 is 0 Å². The molecule has 0 saturated heterocycles. The fraction of sp³-hybridized carbons (Fsp3) is 0.400. The second kappa shape index (κ2) is 10.4. The number of esters is 1. The van der Waals surface area contributed by atoms with E-state index in [1.807, 2.05) is 6.92 Å². The maximum Gasteiger partial charge on any atom is 0.344 e. The van der Waals surface area contributed by atoms with E-state index in [9.17, 15) is 4.79 Å². The fourth-order valence-electron chi connectivity index (χ4n) is 1.59. The SMILES string of the molecule is CCNC(=S)N/N=C\c1ccc(OCC(=O)OCC)c(OC)c1. The molecule has 1 rings (SSSR count). The highest BCUT2D eigenvalue weighted by Crippen LogP contribution is 2.27. The number of benzene rings is 1. The van der Waals surface area contributed by atoms with E-state index in [-0.39, 0.29) is 6.61 Å². The summed E-state index contributed by atoms with van der Waals surface area (Å²) >= 11 is 4.99. The summed E-state index contributed by atoms with van der Waals surface area (Å²) in [5.74, 6) is 0.516. The summed E-state index contributed by atoms with van der Waals surface area (Å²) in [5.41, 5.74) is 3.48. The number of nitrogens with one attached hydrogen (secondary N) is 2. The highest BCUT2D eigenvalue weighted by Gasteiger charge is 2.08. The summed E-state index contributed by atoms with van der Waals surface area (Å²) in [5, 5.41) is 7.38. The van der Waals surface area contributed by atoms with Crippen molar-refractivity contribution in [2.75, 3.05) is 26.9 Å². The van der Waals surface area contributed by atoms with Crippen molar-refractivity contribution >= 4 is 29.5 Å². The second-order valence-corrected chi connectivity index (χ2v) is 4.64. The second-order valence-electron chi connectivity index (χ2n) is 4.23. The predicted molar refractivity (Wildman–Crippen MR) is 92.1 cm³/mol. The van der Waals surface area contributed by atoms with Gasteiger partial charge < -0.3 is 19.5 Å². The van der Waals surface area contributed by atoms with Gasteiger partial charge in [0.05, 0.1) is 19.9 Å². The zero-order valence-electron chi connectivity index (χ0n) is 13.4. The van der Waals surface area contributed by atoms with Crippen molar-refractivity contribution in [3.8, 4) is 11.5 Å². The van der Waals surface area contributed by atoms with E-state index in [1.165, 1.54) is 7.11 Å². The molecule has 0 atom stereocenters. The highest BCUT2D eigenvalue weighted by molar-refractivity contribution is 7.80. The molecule has 0 fully saturated rings. The molecule has 23 heavy (non-hydrogen) atoms. The minimum Gasteiger partial charge on any atom is -0.493 e. The van der Waals surface area contributed by atoms with Gasteiger partial charge in [-0.15, -0.1) is 0 Å². The van der Waals surface area contributed by atoms with Crippen molar-refractivity contribution < 1.29 is 19.0 Å². The van der Waals surface area contributed by atoms with Crippen molar-refractivity contribution in [2.45, 2.75) is 13.8 Å². The van der Waals surface area contributed by atoms with E-state index < -0.39 is 5.97 Å². The lowest BCUT2D eigenvalue weighted by Gasteiger charge is -2.10. The first-order chi connectivity index (χ1) is 11.1. The van der Waals surface area contributed by atoms with Crippen LogP contribution in [-0.2, 0) is 9.53 Å². The smallest absolute Gasteiger partial charge is 0.344 e. The summed E-state index contributed by atoms with van der Waals surface area (Å²) in [7, 11) is 1.52. The van der Waals surface area contributed by atoms with Crippen molar-refractivity contribution in [1.82, 2.24) is 10.7 Å². The molecule has 0 saturated carbocycles. The molecule has 0 aliphatic rings. The highest BCUT2D eigenvalue weighted by atomic mass is 32.1. The van der Waals surface area contributed by atoms with E-state index in [4.69, 9.17) is 26.4 Å². The number of hydrazone groups is 1. The largest absolute Gasteiger partial charge is 0.493 e. The van der Waals surface area contributed by atoms with Crippen molar-refractivity contribution in [1.29, 1.82) is 0 Å².